The van der Waals surface area contributed by atoms with Crippen LogP contribution in [0.25, 0.3) is 0 Å². The Morgan fingerprint density at radius 3 is 1.88 bits per heavy atom. The van der Waals surface area contributed by atoms with E-state index in [2.05, 4.69) is 18.3 Å². The van der Waals surface area contributed by atoms with Crippen LogP contribution in [0.2, 0.25) is 16.6 Å². The number of aliphatic hydroxyl groups is 1. The molecule has 0 radical (unpaired) electrons. The molecule has 0 aromatic rings. The van der Waals surface area contributed by atoms with Gasteiger partial charge >= 0.3 is 107 Å². The van der Waals surface area contributed by atoms with E-state index in [9.17, 15) is 5.11 Å². The molecule has 0 saturated heterocycles. The fourth-order valence-corrected chi connectivity index (χ4v) is 4.18. The molecule has 0 bridgehead atoms. The van der Waals surface area contributed by atoms with Crippen LogP contribution in [0.5, 0.6) is 0 Å². The molecule has 0 amide bonds. The van der Waals surface area contributed by atoms with Crippen molar-refractivity contribution >= 4 is 14.7 Å². The third-order valence-electron chi connectivity index (χ3n) is 2.97. The molecule has 1 atom stereocenters. The number of aliphatic hydroxyl groups excluding tert-OH is 1. The van der Waals surface area contributed by atoms with Crippen LogP contribution >= 0.6 is 0 Å². The van der Waals surface area contributed by atoms with Crippen molar-refractivity contribution in [3.63, 3.8) is 0 Å². The van der Waals surface area contributed by atoms with Gasteiger partial charge in [0.2, 0.25) is 0 Å². The topological polar surface area (TPSA) is 20.2 Å². The number of unbranched alkanes of at least 4 members (excludes halogenated alkanes) is 7. The van der Waals surface area contributed by atoms with Crippen molar-refractivity contribution in [3.8, 4) is 0 Å². The zero-order valence-electron chi connectivity index (χ0n) is 11.5. The van der Waals surface area contributed by atoms with Crippen LogP contribution in [0.15, 0.2) is 0 Å². The minimum atomic E-state index is -0.616. The van der Waals surface area contributed by atoms with Gasteiger partial charge in [-0.3, -0.25) is 0 Å². The Balaban J connectivity index is 3.08. The van der Waals surface area contributed by atoms with Crippen molar-refractivity contribution in [1.29, 1.82) is 0 Å². The summed E-state index contributed by atoms with van der Waals surface area (Å²) in [5.41, 5.74) is 4.65. The zero-order valence-corrected chi connectivity index (χ0v) is 13.4. The molecule has 0 aliphatic heterocycles. The van der Waals surface area contributed by atoms with Gasteiger partial charge in [-0.2, -0.15) is 0 Å². The molecule has 1 N–H and O–H groups in total. The van der Waals surface area contributed by atoms with Gasteiger partial charge in [-0.05, 0) is 0 Å². The monoisotopic (exact) mass is 290 g/mol. The summed E-state index contributed by atoms with van der Waals surface area (Å²) in [6, 6.07) is 0. The molecule has 0 aliphatic carbocycles. The van der Waals surface area contributed by atoms with Crippen LogP contribution in [0.4, 0.5) is 0 Å². The number of rotatable bonds is 11. The van der Waals surface area contributed by atoms with E-state index in [1.807, 2.05) is 0 Å². The summed E-state index contributed by atoms with van der Waals surface area (Å²) in [6.45, 7) is 2.26. The van der Waals surface area contributed by atoms with E-state index in [0.29, 0.717) is 0 Å². The molecule has 98 valence electrons. The Morgan fingerprint density at radius 1 is 0.875 bits per heavy atom. The molecule has 2 heteroatoms. The SMILES string of the molecule is CCCCCCCCCCC(O)C[As](C)C. The van der Waals surface area contributed by atoms with Crippen molar-refractivity contribution < 1.29 is 5.11 Å². The molecule has 0 aliphatic rings. The van der Waals surface area contributed by atoms with Crippen LogP contribution in [0, 0.1) is 0 Å². The van der Waals surface area contributed by atoms with Crippen LogP contribution < -0.4 is 0 Å². The Hall–Kier alpha value is 0.518. The minimum absolute atomic E-state index is 0.00934. The van der Waals surface area contributed by atoms with E-state index in [4.69, 9.17) is 0 Å². The van der Waals surface area contributed by atoms with Gasteiger partial charge in [0, 0.05) is 0 Å². The Kier molecular flexibility index (Phi) is 12.4. The molecule has 0 spiro atoms. The van der Waals surface area contributed by atoms with Crippen molar-refractivity contribution in [3.05, 3.63) is 0 Å². The Morgan fingerprint density at radius 2 is 1.38 bits per heavy atom. The van der Waals surface area contributed by atoms with E-state index in [-0.39, 0.29) is 6.10 Å². The summed E-state index contributed by atoms with van der Waals surface area (Å²) in [4.78, 5) is 0. The Labute approximate surface area is 107 Å². The molecule has 0 aromatic carbocycles. The zero-order chi connectivity index (χ0) is 12.2. The standard InChI is InChI=1S/C14H31AsO/c1-4-5-6-7-8-9-10-11-12-14(16)13-15(2)3/h14,16H,4-13H2,1-3H3. The first-order valence-electron chi connectivity index (χ1n) is 6.99. The fraction of sp³-hybridized carbons (Fsp3) is 1.00. The third-order valence-corrected chi connectivity index (χ3v) is 5.38. The Bertz CT molecular complexity index is 137. The van der Waals surface area contributed by atoms with Gasteiger partial charge in [-0.25, -0.2) is 0 Å². The number of hydrogen-bond donors (Lipinski definition) is 1. The summed E-state index contributed by atoms with van der Waals surface area (Å²) in [6.07, 6.45) is 11.9. The molecule has 0 rings (SSSR count). The third kappa shape index (κ3) is 12.6. The predicted octanol–water partition coefficient (Wildman–Crippen LogP) is 4.63. The first kappa shape index (κ1) is 16.5. The second-order valence-electron chi connectivity index (χ2n) is 5.18. The molecular formula is C14H31AsO. The molecule has 16 heavy (non-hydrogen) atoms. The normalized spacial score (nSPS) is 13.3. The van der Waals surface area contributed by atoms with Gasteiger partial charge in [0.25, 0.3) is 0 Å². The fourth-order valence-electron chi connectivity index (χ4n) is 2.03. The maximum atomic E-state index is 9.73. The van der Waals surface area contributed by atoms with Gasteiger partial charge in [-0.1, -0.05) is 0 Å². The van der Waals surface area contributed by atoms with Gasteiger partial charge in [0.05, 0.1) is 0 Å². The van der Waals surface area contributed by atoms with Crippen molar-refractivity contribution in [2.24, 2.45) is 0 Å². The first-order valence-corrected chi connectivity index (χ1v) is 12.1. The average Bonchev–Trinajstić information content (AvgIpc) is 2.21. The van der Waals surface area contributed by atoms with Gasteiger partial charge in [0.15, 0.2) is 0 Å². The van der Waals surface area contributed by atoms with Gasteiger partial charge in [-0.15, -0.1) is 0 Å². The van der Waals surface area contributed by atoms with Crippen LogP contribution in [0.3, 0.4) is 0 Å². The summed E-state index contributed by atoms with van der Waals surface area (Å²) in [5, 5.41) is 10.8. The van der Waals surface area contributed by atoms with Gasteiger partial charge < -0.3 is 0 Å². The van der Waals surface area contributed by atoms with Crippen LogP contribution in [-0.2, 0) is 0 Å². The van der Waals surface area contributed by atoms with Crippen LogP contribution in [-0.4, -0.2) is 25.9 Å². The average molecular weight is 290 g/mol. The quantitative estimate of drug-likeness (QED) is 0.434. The molecule has 0 saturated carbocycles. The predicted molar refractivity (Wildman–Crippen MR) is 75.5 cm³/mol. The van der Waals surface area contributed by atoms with Crippen molar-refractivity contribution in [2.75, 3.05) is 0 Å². The molecule has 0 fully saturated rings. The molecule has 0 heterocycles. The van der Waals surface area contributed by atoms with Gasteiger partial charge in [0.1, 0.15) is 0 Å². The van der Waals surface area contributed by atoms with Crippen molar-refractivity contribution in [1.82, 2.24) is 0 Å². The van der Waals surface area contributed by atoms with Crippen molar-refractivity contribution in [2.45, 2.75) is 87.4 Å². The molecule has 1 unspecified atom stereocenters. The maximum absolute atomic E-state index is 9.73. The summed E-state index contributed by atoms with van der Waals surface area (Å²) >= 11 is -0.616. The van der Waals surface area contributed by atoms with E-state index in [1.54, 1.807) is 0 Å². The second kappa shape index (κ2) is 12.0. The van der Waals surface area contributed by atoms with E-state index in [0.717, 1.165) is 11.6 Å². The van der Waals surface area contributed by atoms with E-state index in [1.165, 1.54) is 51.4 Å². The second-order valence-corrected chi connectivity index (χ2v) is 10.5. The van der Waals surface area contributed by atoms with E-state index >= 15 is 0 Å². The molecule has 1 nitrogen and oxygen atoms in total. The summed E-state index contributed by atoms with van der Waals surface area (Å²) in [5.74, 6) is 0. The summed E-state index contributed by atoms with van der Waals surface area (Å²) < 4.78 is 0. The van der Waals surface area contributed by atoms with Crippen LogP contribution in [0.1, 0.15) is 64.7 Å². The number of hydrogen-bond acceptors (Lipinski definition) is 1. The first-order chi connectivity index (χ1) is 7.66. The molecule has 0 aromatic heterocycles. The summed E-state index contributed by atoms with van der Waals surface area (Å²) in [7, 11) is 0. The molecular weight excluding hydrogens is 259 g/mol. The van der Waals surface area contributed by atoms with E-state index < -0.39 is 14.7 Å².